The fraction of sp³-hybridized carbons (Fsp3) is 0.250. The number of fused-ring (bicyclic) bond motifs is 1. The number of nitrogens with one attached hydrogen (secondary N) is 1. The first-order chi connectivity index (χ1) is 11.7. The Morgan fingerprint density at radius 2 is 1.72 bits per heavy atom. The van der Waals surface area contributed by atoms with Gasteiger partial charge in [0.2, 0.25) is 8.32 Å². The van der Waals surface area contributed by atoms with Crippen molar-refractivity contribution in [3.05, 3.63) is 58.8 Å². The van der Waals surface area contributed by atoms with Gasteiger partial charge < -0.3 is 14.5 Å². The van der Waals surface area contributed by atoms with Crippen LogP contribution in [0.15, 0.2) is 42.2 Å². The zero-order valence-corrected chi connectivity index (χ0v) is 16.3. The molecular weight excluding hydrogens is 330 g/mol. The molecule has 0 bridgehead atoms. The van der Waals surface area contributed by atoms with Crippen LogP contribution < -0.4 is 14.5 Å². The Bertz CT molecular complexity index is 842. The van der Waals surface area contributed by atoms with Crippen LogP contribution in [-0.2, 0) is 4.79 Å². The van der Waals surface area contributed by atoms with Crippen LogP contribution in [0.25, 0.3) is 6.08 Å². The Morgan fingerprint density at radius 1 is 1.08 bits per heavy atom. The van der Waals surface area contributed by atoms with Crippen molar-refractivity contribution in [2.75, 3.05) is 5.32 Å². The van der Waals surface area contributed by atoms with Crippen LogP contribution in [0.5, 0.6) is 11.5 Å². The minimum atomic E-state index is -1.68. The van der Waals surface area contributed by atoms with E-state index in [1.807, 2.05) is 50.2 Å². The van der Waals surface area contributed by atoms with Crippen molar-refractivity contribution in [2.45, 2.75) is 33.5 Å². The van der Waals surface area contributed by atoms with Crippen LogP contribution in [-0.4, -0.2) is 14.2 Å². The van der Waals surface area contributed by atoms with Gasteiger partial charge in [0, 0.05) is 0 Å². The standard InChI is InChI=1S/C20H23NO3Si/c1-13-10-15(11-14(2)19(13)24-25(3,4)5)12-18-20(22)21-16-8-6-7-9-17(16)23-18/h6-12H,1-5H3,(H,21,22). The smallest absolute Gasteiger partial charge is 0.291 e. The molecule has 130 valence electrons. The number of carbonyl (C=O) groups is 1. The average Bonchev–Trinajstić information content (AvgIpc) is 2.51. The Kier molecular flexibility index (Phi) is 4.43. The van der Waals surface area contributed by atoms with Crippen LogP contribution in [0, 0.1) is 13.8 Å². The predicted molar refractivity (Wildman–Crippen MR) is 104 cm³/mol. The molecule has 1 N–H and O–H groups in total. The number of ether oxygens (including phenoxy) is 1. The van der Waals surface area contributed by atoms with Gasteiger partial charge in [-0.25, -0.2) is 0 Å². The monoisotopic (exact) mass is 353 g/mol. The number of aryl methyl sites for hydroxylation is 2. The highest BCUT2D eigenvalue weighted by Crippen LogP contribution is 2.32. The summed E-state index contributed by atoms with van der Waals surface area (Å²) in [6.45, 7) is 10.6. The van der Waals surface area contributed by atoms with Crippen LogP contribution in [0.4, 0.5) is 5.69 Å². The second kappa shape index (κ2) is 6.41. The van der Waals surface area contributed by atoms with Crippen molar-refractivity contribution < 1.29 is 14.0 Å². The molecule has 5 heteroatoms. The van der Waals surface area contributed by atoms with Crippen LogP contribution in [0.3, 0.4) is 0 Å². The van der Waals surface area contributed by atoms with E-state index < -0.39 is 8.32 Å². The Balaban J connectivity index is 1.93. The Morgan fingerprint density at radius 3 is 2.36 bits per heavy atom. The van der Waals surface area contributed by atoms with Gasteiger partial charge in [-0.15, -0.1) is 0 Å². The van der Waals surface area contributed by atoms with E-state index in [4.69, 9.17) is 9.16 Å². The predicted octanol–water partition coefficient (Wildman–Crippen LogP) is 4.89. The van der Waals surface area contributed by atoms with Crippen molar-refractivity contribution in [2.24, 2.45) is 0 Å². The van der Waals surface area contributed by atoms with Crippen LogP contribution in [0.1, 0.15) is 16.7 Å². The minimum Gasteiger partial charge on any atom is -0.544 e. The molecule has 0 atom stereocenters. The summed E-state index contributed by atoms with van der Waals surface area (Å²) in [6, 6.07) is 11.4. The van der Waals surface area contributed by atoms with E-state index in [1.165, 1.54) is 0 Å². The maximum Gasteiger partial charge on any atom is 0.291 e. The lowest BCUT2D eigenvalue weighted by atomic mass is 10.0. The molecule has 1 aliphatic heterocycles. The normalized spacial score (nSPS) is 15.4. The number of anilines is 1. The third-order valence-electron chi connectivity index (χ3n) is 3.77. The zero-order valence-electron chi connectivity index (χ0n) is 15.3. The number of hydrogen-bond donors (Lipinski definition) is 1. The van der Waals surface area contributed by atoms with E-state index in [-0.39, 0.29) is 11.7 Å². The highest BCUT2D eigenvalue weighted by atomic mass is 28.4. The summed E-state index contributed by atoms with van der Waals surface area (Å²) in [5.74, 6) is 1.65. The van der Waals surface area contributed by atoms with Gasteiger partial charge in [0.1, 0.15) is 5.75 Å². The van der Waals surface area contributed by atoms with Crippen molar-refractivity contribution in [3.8, 4) is 11.5 Å². The topological polar surface area (TPSA) is 47.6 Å². The van der Waals surface area contributed by atoms with Gasteiger partial charge >= 0.3 is 0 Å². The number of hydrogen-bond acceptors (Lipinski definition) is 3. The molecule has 0 fully saturated rings. The van der Waals surface area contributed by atoms with E-state index in [1.54, 1.807) is 6.08 Å². The quantitative estimate of drug-likeness (QED) is 0.631. The second-order valence-corrected chi connectivity index (χ2v) is 11.7. The van der Waals surface area contributed by atoms with E-state index in [9.17, 15) is 4.79 Å². The summed E-state index contributed by atoms with van der Waals surface area (Å²) in [5, 5.41) is 2.85. The van der Waals surface area contributed by atoms with E-state index in [0.29, 0.717) is 11.4 Å². The summed E-state index contributed by atoms with van der Waals surface area (Å²) in [5.41, 5.74) is 3.73. The number of benzene rings is 2. The van der Waals surface area contributed by atoms with Crippen molar-refractivity contribution in [1.82, 2.24) is 0 Å². The maximum absolute atomic E-state index is 12.3. The summed E-state index contributed by atoms with van der Waals surface area (Å²) in [7, 11) is -1.68. The van der Waals surface area contributed by atoms with Gasteiger partial charge in [0.05, 0.1) is 5.69 Å². The third kappa shape index (κ3) is 3.94. The maximum atomic E-state index is 12.3. The molecule has 0 aliphatic carbocycles. The van der Waals surface area contributed by atoms with Gasteiger partial charge in [-0.2, -0.15) is 0 Å². The summed E-state index contributed by atoms with van der Waals surface area (Å²) in [4.78, 5) is 12.3. The SMILES string of the molecule is Cc1cc(C=C2Oc3ccccc3NC2=O)cc(C)c1O[Si](C)(C)C. The average molecular weight is 353 g/mol. The lowest BCUT2D eigenvalue weighted by Crippen LogP contribution is -2.30. The third-order valence-corrected chi connectivity index (χ3v) is 4.58. The first kappa shape index (κ1) is 17.3. The molecule has 2 aromatic rings. The fourth-order valence-electron chi connectivity index (χ4n) is 2.79. The second-order valence-electron chi connectivity index (χ2n) is 7.26. The molecular formula is C20H23NO3Si. The number of amides is 1. The molecule has 4 nitrogen and oxygen atoms in total. The molecule has 2 aromatic carbocycles. The number of rotatable bonds is 3. The summed E-state index contributed by atoms with van der Waals surface area (Å²) < 4.78 is 11.9. The molecule has 0 aromatic heterocycles. The van der Waals surface area contributed by atoms with Gasteiger partial charge in [-0.3, -0.25) is 4.79 Å². The lowest BCUT2D eigenvalue weighted by Gasteiger charge is -2.23. The van der Waals surface area contributed by atoms with Gasteiger partial charge in [-0.05, 0) is 80.5 Å². The van der Waals surface area contributed by atoms with E-state index in [0.717, 1.165) is 22.4 Å². The first-order valence-corrected chi connectivity index (χ1v) is 11.7. The summed E-state index contributed by atoms with van der Waals surface area (Å²) in [6.07, 6.45) is 1.77. The zero-order chi connectivity index (χ0) is 18.2. The van der Waals surface area contributed by atoms with E-state index >= 15 is 0 Å². The molecule has 1 heterocycles. The molecule has 0 saturated heterocycles. The Hall–Kier alpha value is -2.53. The van der Waals surface area contributed by atoms with Crippen LogP contribution in [0.2, 0.25) is 19.6 Å². The molecule has 1 amide bonds. The van der Waals surface area contributed by atoms with Gasteiger partial charge in [0.25, 0.3) is 5.91 Å². The molecule has 25 heavy (non-hydrogen) atoms. The van der Waals surface area contributed by atoms with Gasteiger partial charge in [0.15, 0.2) is 11.5 Å². The number of para-hydroxylation sites is 2. The highest BCUT2D eigenvalue weighted by molar-refractivity contribution is 6.70. The molecule has 0 unspecified atom stereocenters. The largest absolute Gasteiger partial charge is 0.544 e. The molecule has 3 rings (SSSR count). The van der Waals surface area contributed by atoms with E-state index in [2.05, 4.69) is 25.0 Å². The molecule has 0 spiro atoms. The lowest BCUT2D eigenvalue weighted by molar-refractivity contribution is -0.115. The number of carbonyl (C=O) groups excluding carboxylic acids is 1. The van der Waals surface area contributed by atoms with Crippen molar-refractivity contribution in [3.63, 3.8) is 0 Å². The first-order valence-electron chi connectivity index (χ1n) is 8.33. The summed E-state index contributed by atoms with van der Waals surface area (Å²) >= 11 is 0. The van der Waals surface area contributed by atoms with Gasteiger partial charge in [-0.1, -0.05) is 12.1 Å². The van der Waals surface area contributed by atoms with Crippen molar-refractivity contribution >= 4 is 26.0 Å². The highest BCUT2D eigenvalue weighted by Gasteiger charge is 2.22. The fourth-order valence-corrected chi connectivity index (χ4v) is 3.72. The van der Waals surface area contributed by atoms with Crippen molar-refractivity contribution in [1.29, 1.82) is 0 Å². The molecule has 0 saturated carbocycles. The minimum absolute atomic E-state index is 0.239. The molecule has 1 aliphatic rings. The van der Waals surface area contributed by atoms with Crippen LogP contribution >= 0.6 is 0 Å². The molecule has 0 radical (unpaired) electrons. The Labute approximate surface area is 149 Å².